The number of rotatable bonds is 8. The Morgan fingerprint density at radius 1 is 1.00 bits per heavy atom. The summed E-state index contributed by atoms with van der Waals surface area (Å²) >= 11 is 0. The summed E-state index contributed by atoms with van der Waals surface area (Å²) in [6.07, 6.45) is 1.93. The molecular formula is C17H27N3O2. The first-order chi connectivity index (χ1) is 10.5. The van der Waals surface area contributed by atoms with Gasteiger partial charge in [-0.05, 0) is 37.1 Å². The Balaban J connectivity index is 2.57. The van der Waals surface area contributed by atoms with Crippen molar-refractivity contribution < 1.29 is 9.59 Å². The van der Waals surface area contributed by atoms with Gasteiger partial charge in [0.25, 0.3) is 5.91 Å². The van der Waals surface area contributed by atoms with E-state index in [-0.39, 0.29) is 18.4 Å². The van der Waals surface area contributed by atoms with E-state index in [9.17, 15) is 9.59 Å². The minimum Gasteiger partial charge on any atom is -0.376 e. The monoisotopic (exact) mass is 305 g/mol. The maximum atomic E-state index is 12.2. The van der Waals surface area contributed by atoms with Gasteiger partial charge < -0.3 is 15.1 Å². The number of nitrogens with one attached hydrogen (secondary N) is 1. The number of nitrogens with zero attached hydrogens (tertiary/aromatic N) is 2. The van der Waals surface area contributed by atoms with Gasteiger partial charge in [-0.1, -0.05) is 13.8 Å². The van der Waals surface area contributed by atoms with Gasteiger partial charge in [0.05, 0.1) is 6.54 Å². The van der Waals surface area contributed by atoms with Crippen LogP contribution in [-0.2, 0) is 4.79 Å². The summed E-state index contributed by atoms with van der Waals surface area (Å²) < 4.78 is 0. The van der Waals surface area contributed by atoms with Gasteiger partial charge in [-0.2, -0.15) is 0 Å². The van der Waals surface area contributed by atoms with Crippen molar-refractivity contribution in [3.8, 4) is 0 Å². The highest BCUT2D eigenvalue weighted by atomic mass is 16.2. The quantitative estimate of drug-likeness (QED) is 0.802. The van der Waals surface area contributed by atoms with Crippen molar-refractivity contribution in [3.63, 3.8) is 0 Å². The van der Waals surface area contributed by atoms with Gasteiger partial charge in [-0.15, -0.1) is 0 Å². The lowest BCUT2D eigenvalue weighted by Crippen LogP contribution is -2.36. The van der Waals surface area contributed by atoms with Crippen LogP contribution in [0.5, 0.6) is 0 Å². The molecular weight excluding hydrogens is 278 g/mol. The van der Waals surface area contributed by atoms with E-state index in [1.165, 1.54) is 0 Å². The minimum absolute atomic E-state index is 0.0281. The van der Waals surface area contributed by atoms with Crippen molar-refractivity contribution in [2.24, 2.45) is 0 Å². The molecule has 1 aromatic carbocycles. The smallest absolute Gasteiger partial charge is 0.253 e. The molecule has 1 N–H and O–H groups in total. The molecule has 5 heteroatoms. The molecule has 0 spiro atoms. The van der Waals surface area contributed by atoms with Crippen LogP contribution in [0.3, 0.4) is 0 Å². The van der Waals surface area contributed by atoms with Crippen molar-refractivity contribution in [1.82, 2.24) is 9.80 Å². The number of anilines is 1. The first-order valence-corrected chi connectivity index (χ1v) is 7.83. The van der Waals surface area contributed by atoms with E-state index in [2.05, 4.69) is 19.2 Å². The van der Waals surface area contributed by atoms with Crippen LogP contribution in [0.15, 0.2) is 24.3 Å². The zero-order valence-corrected chi connectivity index (χ0v) is 14.1. The van der Waals surface area contributed by atoms with Gasteiger partial charge in [0, 0.05) is 38.4 Å². The normalized spacial score (nSPS) is 10.2. The van der Waals surface area contributed by atoms with E-state index in [1.807, 2.05) is 17.0 Å². The van der Waals surface area contributed by atoms with Crippen molar-refractivity contribution in [1.29, 1.82) is 0 Å². The van der Waals surface area contributed by atoms with Crippen LogP contribution in [-0.4, -0.2) is 55.3 Å². The summed E-state index contributed by atoms with van der Waals surface area (Å²) in [4.78, 5) is 27.4. The number of benzene rings is 1. The fraction of sp³-hybridized carbons (Fsp3) is 0.529. The molecule has 1 rings (SSSR count). The third kappa shape index (κ3) is 5.39. The van der Waals surface area contributed by atoms with Gasteiger partial charge in [0.2, 0.25) is 5.91 Å². The van der Waals surface area contributed by atoms with Crippen LogP contribution in [0.1, 0.15) is 37.0 Å². The Kier molecular flexibility index (Phi) is 7.43. The van der Waals surface area contributed by atoms with Crippen LogP contribution in [0.4, 0.5) is 5.69 Å². The van der Waals surface area contributed by atoms with Crippen LogP contribution < -0.4 is 5.32 Å². The van der Waals surface area contributed by atoms with Gasteiger partial charge in [0.1, 0.15) is 0 Å². The SMILES string of the molecule is CCCN(CCC)C(=O)CNc1ccc(C(=O)N(C)C)cc1. The molecule has 0 saturated heterocycles. The second-order valence-corrected chi connectivity index (χ2v) is 5.51. The van der Waals surface area contributed by atoms with Crippen molar-refractivity contribution in [3.05, 3.63) is 29.8 Å². The van der Waals surface area contributed by atoms with Crippen molar-refractivity contribution >= 4 is 17.5 Å². The van der Waals surface area contributed by atoms with Crippen molar-refractivity contribution in [2.75, 3.05) is 39.0 Å². The van der Waals surface area contributed by atoms with Gasteiger partial charge in [-0.3, -0.25) is 9.59 Å². The van der Waals surface area contributed by atoms with E-state index >= 15 is 0 Å². The molecule has 2 amide bonds. The number of amides is 2. The van der Waals surface area contributed by atoms with Crippen LogP contribution >= 0.6 is 0 Å². The summed E-state index contributed by atoms with van der Waals surface area (Å²) in [5, 5.41) is 3.12. The molecule has 5 nitrogen and oxygen atoms in total. The summed E-state index contributed by atoms with van der Waals surface area (Å²) in [6, 6.07) is 7.19. The Morgan fingerprint density at radius 3 is 2.00 bits per heavy atom. The molecule has 22 heavy (non-hydrogen) atoms. The van der Waals surface area contributed by atoms with Crippen LogP contribution in [0.25, 0.3) is 0 Å². The van der Waals surface area contributed by atoms with Gasteiger partial charge in [-0.25, -0.2) is 0 Å². The molecule has 0 aromatic heterocycles. The van der Waals surface area contributed by atoms with Crippen molar-refractivity contribution in [2.45, 2.75) is 26.7 Å². The second kappa shape index (κ2) is 9.07. The fourth-order valence-corrected chi connectivity index (χ4v) is 2.18. The topological polar surface area (TPSA) is 52.7 Å². The van der Waals surface area contributed by atoms with E-state index in [4.69, 9.17) is 0 Å². The second-order valence-electron chi connectivity index (χ2n) is 5.51. The van der Waals surface area contributed by atoms with E-state index in [0.29, 0.717) is 5.56 Å². The van der Waals surface area contributed by atoms with Gasteiger partial charge in [0.15, 0.2) is 0 Å². The molecule has 0 fully saturated rings. The van der Waals surface area contributed by atoms with E-state index in [0.717, 1.165) is 31.6 Å². The van der Waals surface area contributed by atoms with Crippen LogP contribution in [0, 0.1) is 0 Å². The number of hydrogen-bond donors (Lipinski definition) is 1. The molecule has 0 atom stereocenters. The predicted octanol–water partition coefficient (Wildman–Crippen LogP) is 2.45. The number of hydrogen-bond acceptors (Lipinski definition) is 3. The molecule has 0 aliphatic heterocycles. The lowest BCUT2D eigenvalue weighted by molar-refractivity contribution is -0.129. The zero-order valence-electron chi connectivity index (χ0n) is 14.1. The summed E-state index contributed by atoms with van der Waals surface area (Å²) in [5.74, 6) is 0.0804. The maximum Gasteiger partial charge on any atom is 0.253 e. The Hall–Kier alpha value is -2.04. The largest absolute Gasteiger partial charge is 0.376 e. The third-order valence-corrected chi connectivity index (χ3v) is 3.32. The zero-order chi connectivity index (χ0) is 16.5. The molecule has 0 aliphatic carbocycles. The highest BCUT2D eigenvalue weighted by molar-refractivity contribution is 5.94. The molecule has 0 unspecified atom stereocenters. The fourth-order valence-electron chi connectivity index (χ4n) is 2.18. The summed E-state index contributed by atoms with van der Waals surface area (Å²) in [6.45, 7) is 6.02. The Labute approximate surface area is 133 Å². The highest BCUT2D eigenvalue weighted by Gasteiger charge is 2.11. The first-order valence-electron chi connectivity index (χ1n) is 7.83. The van der Waals surface area contributed by atoms with Gasteiger partial charge >= 0.3 is 0 Å². The Morgan fingerprint density at radius 2 is 1.55 bits per heavy atom. The maximum absolute atomic E-state index is 12.2. The lowest BCUT2D eigenvalue weighted by Gasteiger charge is -2.22. The third-order valence-electron chi connectivity index (χ3n) is 3.32. The molecule has 0 bridgehead atoms. The molecule has 1 aromatic rings. The molecule has 0 saturated carbocycles. The minimum atomic E-state index is -0.0281. The Bertz CT molecular complexity index is 477. The standard InChI is InChI=1S/C17H27N3O2/c1-5-11-20(12-6-2)16(21)13-18-15-9-7-14(8-10-15)17(22)19(3)4/h7-10,18H,5-6,11-13H2,1-4H3. The summed E-state index contributed by atoms with van der Waals surface area (Å²) in [5.41, 5.74) is 1.48. The highest BCUT2D eigenvalue weighted by Crippen LogP contribution is 2.10. The molecule has 0 aliphatic rings. The predicted molar refractivity (Wildman–Crippen MR) is 90.1 cm³/mol. The number of carbonyl (C=O) groups excluding carboxylic acids is 2. The molecule has 122 valence electrons. The average molecular weight is 305 g/mol. The average Bonchev–Trinajstić information content (AvgIpc) is 2.52. The summed E-state index contributed by atoms with van der Waals surface area (Å²) in [7, 11) is 3.45. The van der Waals surface area contributed by atoms with Crippen LogP contribution in [0.2, 0.25) is 0 Å². The molecule has 0 heterocycles. The first kappa shape index (κ1) is 18.0. The lowest BCUT2D eigenvalue weighted by atomic mass is 10.2. The molecule has 0 radical (unpaired) electrons. The van der Waals surface area contributed by atoms with E-state index in [1.54, 1.807) is 31.1 Å². The van der Waals surface area contributed by atoms with E-state index < -0.39 is 0 Å². The number of carbonyl (C=O) groups is 2.